The Morgan fingerprint density at radius 1 is 1.52 bits per heavy atom. The molecular weight excluding hydrogens is 311 g/mol. The number of aromatic nitrogens is 4. The van der Waals surface area contributed by atoms with Crippen LogP contribution in [0, 0.1) is 0 Å². The molecule has 9 nitrogen and oxygen atoms in total. The number of nitrogens with zero attached hydrogens (tertiary/aromatic N) is 2. The molecule has 124 valence electrons. The van der Waals surface area contributed by atoms with Gasteiger partial charge in [-0.25, -0.2) is 14.2 Å². The summed E-state index contributed by atoms with van der Waals surface area (Å²) in [6, 6.07) is 0. The van der Waals surface area contributed by atoms with Gasteiger partial charge in [-0.05, 0) is 6.92 Å². The van der Waals surface area contributed by atoms with Gasteiger partial charge in [-0.1, -0.05) is 0 Å². The van der Waals surface area contributed by atoms with E-state index in [2.05, 4.69) is 15.0 Å². The number of H-pyrrole nitrogens is 2. The Morgan fingerprint density at radius 2 is 2.26 bits per heavy atom. The maximum absolute atomic E-state index is 14.7. The van der Waals surface area contributed by atoms with Gasteiger partial charge >= 0.3 is 5.69 Å². The van der Waals surface area contributed by atoms with Gasteiger partial charge in [0.1, 0.15) is 12.2 Å². The number of ether oxygens (including phenoxy) is 1. The highest BCUT2D eigenvalue weighted by Crippen LogP contribution is 2.41. The van der Waals surface area contributed by atoms with Crippen LogP contribution in [0.4, 0.5) is 4.39 Å². The summed E-state index contributed by atoms with van der Waals surface area (Å²) in [7, 11) is 0. The van der Waals surface area contributed by atoms with Gasteiger partial charge in [-0.15, -0.1) is 0 Å². The van der Waals surface area contributed by atoms with Gasteiger partial charge in [0.25, 0.3) is 5.56 Å². The molecular formula is C13H15FN4O5. The number of aromatic amines is 2. The topological polar surface area (TPSA) is 133 Å². The number of nitrogens with one attached hydrogen (secondary N) is 2. The van der Waals surface area contributed by atoms with Crippen LogP contribution >= 0.6 is 0 Å². The highest BCUT2D eigenvalue weighted by Gasteiger charge is 2.54. The number of aliphatic hydroxyl groups excluding tert-OH is 2. The van der Waals surface area contributed by atoms with Crippen molar-refractivity contribution in [2.75, 3.05) is 6.61 Å². The smallest absolute Gasteiger partial charge is 0.325 e. The van der Waals surface area contributed by atoms with E-state index in [9.17, 15) is 19.1 Å². The van der Waals surface area contributed by atoms with Crippen molar-refractivity contribution < 1.29 is 19.3 Å². The molecule has 2 aromatic heterocycles. The molecule has 1 saturated heterocycles. The Bertz CT molecular complexity index is 826. The van der Waals surface area contributed by atoms with Crippen LogP contribution in [0.2, 0.25) is 0 Å². The SMILES string of the molecule is C[C@@]1(F)[C@H](O)[C@@H](CO)O[C@H]1n1cnc(-c2c[nH]c(=O)[nH]c2=O)c1. The zero-order chi connectivity index (χ0) is 16.8. The summed E-state index contributed by atoms with van der Waals surface area (Å²) in [5.74, 6) is 0. The zero-order valence-electron chi connectivity index (χ0n) is 12.1. The molecule has 1 fully saturated rings. The molecule has 3 rings (SSSR count). The van der Waals surface area contributed by atoms with Gasteiger partial charge in [0.05, 0.1) is 24.2 Å². The van der Waals surface area contributed by atoms with Crippen LogP contribution in [-0.2, 0) is 4.74 Å². The first-order chi connectivity index (χ1) is 10.8. The Balaban J connectivity index is 1.96. The van der Waals surface area contributed by atoms with Gasteiger partial charge in [0.2, 0.25) is 0 Å². The molecule has 2 aromatic rings. The predicted molar refractivity (Wildman–Crippen MR) is 75.4 cm³/mol. The zero-order valence-corrected chi connectivity index (χ0v) is 12.1. The Kier molecular flexibility index (Phi) is 3.66. The summed E-state index contributed by atoms with van der Waals surface area (Å²) in [4.78, 5) is 31.1. The molecule has 0 amide bonds. The van der Waals surface area contributed by atoms with E-state index in [0.29, 0.717) is 0 Å². The lowest BCUT2D eigenvalue weighted by atomic mass is 9.99. The first kappa shape index (κ1) is 15.6. The molecule has 3 heterocycles. The largest absolute Gasteiger partial charge is 0.394 e. The summed E-state index contributed by atoms with van der Waals surface area (Å²) in [6.07, 6.45) is 0.0331. The summed E-state index contributed by atoms with van der Waals surface area (Å²) < 4.78 is 21.3. The van der Waals surface area contributed by atoms with Crippen molar-refractivity contribution in [3.05, 3.63) is 39.6 Å². The fourth-order valence-electron chi connectivity index (χ4n) is 2.59. The second kappa shape index (κ2) is 5.41. The third-order valence-corrected chi connectivity index (χ3v) is 3.86. The predicted octanol–water partition coefficient (Wildman–Crippen LogP) is -1.09. The van der Waals surface area contributed by atoms with Gasteiger partial charge in [-0.2, -0.15) is 0 Å². The Hall–Kier alpha value is -2.30. The third kappa shape index (κ3) is 2.50. The van der Waals surface area contributed by atoms with Crippen LogP contribution in [-0.4, -0.2) is 54.2 Å². The molecule has 0 bridgehead atoms. The number of rotatable bonds is 3. The summed E-state index contributed by atoms with van der Waals surface area (Å²) in [5.41, 5.74) is -3.14. The number of imidazole rings is 1. The molecule has 4 N–H and O–H groups in total. The molecule has 0 radical (unpaired) electrons. The highest BCUT2D eigenvalue weighted by atomic mass is 19.1. The molecule has 1 aliphatic heterocycles. The van der Waals surface area contributed by atoms with Gasteiger partial charge < -0.3 is 24.5 Å². The van der Waals surface area contributed by atoms with E-state index < -0.39 is 42.0 Å². The van der Waals surface area contributed by atoms with Crippen molar-refractivity contribution in [3.63, 3.8) is 0 Å². The Labute approximate surface area is 128 Å². The van der Waals surface area contributed by atoms with E-state index in [1.807, 2.05) is 0 Å². The second-order valence-electron chi connectivity index (χ2n) is 5.50. The number of hydrogen-bond donors (Lipinski definition) is 4. The average molecular weight is 326 g/mol. The number of hydrogen-bond acceptors (Lipinski definition) is 6. The number of aliphatic hydroxyl groups is 2. The van der Waals surface area contributed by atoms with E-state index in [1.54, 1.807) is 0 Å². The van der Waals surface area contributed by atoms with E-state index in [1.165, 1.54) is 23.3 Å². The van der Waals surface area contributed by atoms with Gasteiger partial charge in [-0.3, -0.25) is 9.78 Å². The quantitative estimate of drug-likeness (QED) is 0.566. The average Bonchev–Trinajstić information content (AvgIpc) is 3.04. The van der Waals surface area contributed by atoms with E-state index >= 15 is 0 Å². The fourth-order valence-corrected chi connectivity index (χ4v) is 2.59. The van der Waals surface area contributed by atoms with Crippen molar-refractivity contribution in [1.82, 2.24) is 19.5 Å². The molecule has 0 aromatic carbocycles. The van der Waals surface area contributed by atoms with E-state index in [-0.39, 0.29) is 11.3 Å². The molecule has 0 spiro atoms. The summed E-state index contributed by atoms with van der Waals surface area (Å²) in [5, 5.41) is 19.0. The molecule has 0 saturated carbocycles. The molecule has 1 aliphatic rings. The van der Waals surface area contributed by atoms with Crippen LogP contribution in [0.1, 0.15) is 13.2 Å². The van der Waals surface area contributed by atoms with Crippen molar-refractivity contribution in [2.45, 2.75) is 31.0 Å². The van der Waals surface area contributed by atoms with Crippen molar-refractivity contribution in [3.8, 4) is 11.3 Å². The molecule has 4 atom stereocenters. The van der Waals surface area contributed by atoms with Crippen molar-refractivity contribution in [1.29, 1.82) is 0 Å². The highest BCUT2D eigenvalue weighted by molar-refractivity contribution is 5.55. The van der Waals surface area contributed by atoms with Crippen molar-refractivity contribution in [2.24, 2.45) is 0 Å². The number of halogens is 1. The maximum Gasteiger partial charge on any atom is 0.325 e. The fraction of sp³-hybridized carbons (Fsp3) is 0.462. The lowest BCUT2D eigenvalue weighted by Gasteiger charge is -2.24. The molecule has 23 heavy (non-hydrogen) atoms. The molecule has 0 unspecified atom stereocenters. The minimum atomic E-state index is -2.15. The van der Waals surface area contributed by atoms with Gasteiger partial charge in [0, 0.05) is 12.4 Å². The first-order valence-electron chi connectivity index (χ1n) is 6.83. The molecule has 0 aliphatic carbocycles. The monoisotopic (exact) mass is 326 g/mol. The standard InChI is InChI=1S/C13H15FN4O5/c1-13(14)9(20)8(4-19)23-11(13)18-3-7(16-5-18)6-2-15-12(22)17-10(6)21/h2-3,5,8-9,11,19-20H,4H2,1H3,(H2,15,17,21,22)/t8-,9-,11-,13-/m1/s1. The summed E-state index contributed by atoms with van der Waals surface area (Å²) in [6.45, 7) is 0.628. The van der Waals surface area contributed by atoms with Gasteiger partial charge in [0.15, 0.2) is 11.9 Å². The Morgan fingerprint density at radius 3 is 2.87 bits per heavy atom. The van der Waals surface area contributed by atoms with Crippen LogP contribution in [0.25, 0.3) is 11.3 Å². The van der Waals surface area contributed by atoms with Crippen LogP contribution < -0.4 is 11.2 Å². The van der Waals surface area contributed by atoms with E-state index in [4.69, 9.17) is 9.84 Å². The maximum atomic E-state index is 14.7. The van der Waals surface area contributed by atoms with Crippen LogP contribution in [0.3, 0.4) is 0 Å². The second-order valence-corrected chi connectivity index (χ2v) is 5.50. The minimum Gasteiger partial charge on any atom is -0.394 e. The minimum absolute atomic E-state index is 0.0983. The lowest BCUT2D eigenvalue weighted by Crippen LogP contribution is -2.40. The van der Waals surface area contributed by atoms with Crippen molar-refractivity contribution >= 4 is 0 Å². The van der Waals surface area contributed by atoms with E-state index in [0.717, 1.165) is 6.92 Å². The van der Waals surface area contributed by atoms with Crippen LogP contribution in [0.15, 0.2) is 28.3 Å². The molecule has 10 heteroatoms. The lowest BCUT2D eigenvalue weighted by molar-refractivity contribution is -0.0586. The van der Waals surface area contributed by atoms with Crippen LogP contribution in [0.5, 0.6) is 0 Å². The summed E-state index contributed by atoms with van der Waals surface area (Å²) >= 11 is 0. The third-order valence-electron chi connectivity index (χ3n) is 3.86. The number of alkyl halides is 1. The normalized spacial score (nSPS) is 30.7. The first-order valence-corrected chi connectivity index (χ1v) is 6.83.